The second kappa shape index (κ2) is 16.7. The molecule has 0 saturated carbocycles. The van der Waals surface area contributed by atoms with Crippen LogP contribution < -0.4 is 16.0 Å². The number of ether oxygens (including phenoxy) is 1. The number of rotatable bonds is 15. The first-order valence-electron chi connectivity index (χ1n) is 14.1. The van der Waals surface area contributed by atoms with Crippen LogP contribution >= 0.6 is 22.7 Å². The molecule has 3 N–H and O–H groups in total. The number of benzene rings is 1. The summed E-state index contributed by atoms with van der Waals surface area (Å²) in [6, 6.07) is 7.29. The van der Waals surface area contributed by atoms with Crippen LogP contribution in [-0.2, 0) is 33.9 Å². The van der Waals surface area contributed by atoms with Gasteiger partial charge >= 0.3 is 12.1 Å². The van der Waals surface area contributed by atoms with Gasteiger partial charge in [-0.2, -0.15) is 0 Å². The number of nitrogens with one attached hydrogen (secondary N) is 3. The molecule has 0 unspecified atom stereocenters. The van der Waals surface area contributed by atoms with E-state index in [4.69, 9.17) is 4.74 Å². The molecule has 2 heterocycles. The Morgan fingerprint density at radius 3 is 2.37 bits per heavy atom. The monoisotopic (exact) mass is 628 g/mol. The van der Waals surface area contributed by atoms with Gasteiger partial charge in [0.2, 0.25) is 0 Å². The highest BCUT2D eigenvalue weighted by molar-refractivity contribution is 7.09. The zero-order valence-electron chi connectivity index (χ0n) is 25.2. The number of carbonyl (C=O) groups excluding carboxylic acids is 4. The molecule has 0 fully saturated rings. The van der Waals surface area contributed by atoms with E-state index in [0.717, 1.165) is 21.1 Å². The van der Waals surface area contributed by atoms with Gasteiger partial charge in [0.15, 0.2) is 11.8 Å². The number of carbonyl (C=O) groups is 4. The van der Waals surface area contributed by atoms with Crippen LogP contribution in [0.1, 0.15) is 67.6 Å². The zero-order chi connectivity index (χ0) is 31.4. The van der Waals surface area contributed by atoms with Gasteiger partial charge in [0.25, 0.3) is 5.91 Å². The molecule has 0 aliphatic carbocycles. The summed E-state index contributed by atoms with van der Waals surface area (Å²) in [7, 11) is 1.59. The first kappa shape index (κ1) is 33.7. The summed E-state index contributed by atoms with van der Waals surface area (Å²) in [5.74, 6) is -0.776. The number of alkyl carbamates (subject to hydrolysis) is 1. The summed E-state index contributed by atoms with van der Waals surface area (Å²) in [6.45, 7) is 7.57. The molecule has 11 nitrogen and oxygen atoms in total. The number of nitrogens with zero attached hydrogens (tertiary/aromatic N) is 3. The highest BCUT2D eigenvalue weighted by Gasteiger charge is 2.28. The molecule has 43 heavy (non-hydrogen) atoms. The molecule has 3 atom stereocenters. The Hall–Kier alpha value is -3.84. The summed E-state index contributed by atoms with van der Waals surface area (Å²) in [5, 5.41) is 11.2. The lowest BCUT2D eigenvalue weighted by Gasteiger charge is -2.24. The third-order valence-corrected chi connectivity index (χ3v) is 8.51. The van der Waals surface area contributed by atoms with Gasteiger partial charge in [-0.25, -0.2) is 14.6 Å². The number of hydrogen-bond donors (Lipinski definition) is 3. The summed E-state index contributed by atoms with van der Waals surface area (Å²) >= 11 is 2.94. The third-order valence-electron chi connectivity index (χ3n) is 6.56. The number of ketones is 1. The van der Waals surface area contributed by atoms with Gasteiger partial charge in [-0.1, -0.05) is 44.2 Å². The van der Waals surface area contributed by atoms with Crippen LogP contribution in [0.5, 0.6) is 0 Å². The van der Waals surface area contributed by atoms with Gasteiger partial charge in [0, 0.05) is 36.6 Å². The van der Waals surface area contributed by atoms with E-state index in [-0.39, 0.29) is 31.2 Å². The average Bonchev–Trinajstić information content (AvgIpc) is 3.66. The fourth-order valence-electron chi connectivity index (χ4n) is 4.19. The predicted octanol–water partition coefficient (Wildman–Crippen LogP) is 4.64. The van der Waals surface area contributed by atoms with Crippen molar-refractivity contribution in [2.45, 2.75) is 84.2 Å². The number of Topliss-reactive ketones (excluding diaryl/α,β-unsaturated/α-hetero) is 1. The van der Waals surface area contributed by atoms with E-state index in [1.54, 1.807) is 18.8 Å². The SMILES string of the molecule is CC(=O)[C@H](NC(=O)N(C)Cc1csc(C(C)C)n1)C(=O)N[C@@H](C)CC[C@H](Cc1ccccc1)NC(=O)OCc1cncs1. The molecule has 1 aromatic carbocycles. The van der Waals surface area contributed by atoms with Crippen LogP contribution in [0.3, 0.4) is 0 Å². The van der Waals surface area contributed by atoms with Crippen molar-refractivity contribution in [2.24, 2.45) is 0 Å². The van der Waals surface area contributed by atoms with E-state index in [1.165, 1.54) is 34.5 Å². The number of amides is 4. The number of hydrogen-bond acceptors (Lipinski definition) is 9. The lowest BCUT2D eigenvalue weighted by Crippen LogP contribution is -2.55. The molecule has 0 saturated heterocycles. The van der Waals surface area contributed by atoms with Gasteiger partial charge in [-0.3, -0.25) is 14.6 Å². The van der Waals surface area contributed by atoms with Crippen molar-refractivity contribution in [1.29, 1.82) is 0 Å². The average molecular weight is 629 g/mol. The summed E-state index contributed by atoms with van der Waals surface area (Å²) in [5.41, 5.74) is 3.47. The fraction of sp³-hybridized carbons (Fsp3) is 0.467. The van der Waals surface area contributed by atoms with Crippen molar-refractivity contribution >= 4 is 46.5 Å². The number of urea groups is 1. The largest absolute Gasteiger partial charge is 0.444 e. The van der Waals surface area contributed by atoms with Crippen LogP contribution in [0.15, 0.2) is 47.4 Å². The molecule has 0 radical (unpaired) electrons. The first-order valence-corrected chi connectivity index (χ1v) is 15.9. The van der Waals surface area contributed by atoms with Crippen LogP contribution in [0.4, 0.5) is 9.59 Å². The van der Waals surface area contributed by atoms with Gasteiger partial charge in [-0.05, 0) is 38.7 Å². The molecule has 232 valence electrons. The van der Waals surface area contributed by atoms with Gasteiger partial charge in [-0.15, -0.1) is 22.7 Å². The van der Waals surface area contributed by atoms with E-state index in [1.807, 2.05) is 42.6 Å². The van der Waals surface area contributed by atoms with E-state index in [9.17, 15) is 19.2 Å². The van der Waals surface area contributed by atoms with Gasteiger partial charge in [0.05, 0.1) is 27.6 Å². The molecule has 3 aromatic rings. The molecule has 0 spiro atoms. The van der Waals surface area contributed by atoms with E-state index in [0.29, 0.717) is 19.3 Å². The Bertz CT molecular complexity index is 1330. The molecule has 3 rings (SSSR count). The highest BCUT2D eigenvalue weighted by Crippen LogP contribution is 2.20. The summed E-state index contributed by atoms with van der Waals surface area (Å²) in [6.07, 6.45) is 2.75. The summed E-state index contributed by atoms with van der Waals surface area (Å²) in [4.78, 5) is 61.5. The third kappa shape index (κ3) is 11.4. The van der Waals surface area contributed by atoms with Crippen molar-refractivity contribution in [3.05, 3.63) is 68.6 Å². The highest BCUT2D eigenvalue weighted by atomic mass is 32.1. The fourth-order valence-corrected chi connectivity index (χ4v) is 5.52. The Morgan fingerprint density at radius 1 is 1.00 bits per heavy atom. The quantitative estimate of drug-likeness (QED) is 0.208. The minimum Gasteiger partial charge on any atom is -0.444 e. The Balaban J connectivity index is 1.53. The minimum absolute atomic E-state index is 0.136. The van der Waals surface area contributed by atoms with Crippen LogP contribution in [0, 0.1) is 0 Å². The maximum atomic E-state index is 13.0. The standard InChI is InChI=1S/C30H40N6O5S2/c1-19(2)28-33-24(17-42-28)15-36(5)29(39)35-26(21(4)37)27(38)32-20(3)11-12-23(13-22-9-7-6-8-10-22)34-30(40)41-16-25-14-31-18-43-25/h6-10,14,17-20,23,26H,11-13,15-16H2,1-5H3,(H,32,38)(H,34,40)(H,35,39)/t20-,23+,26-/m0/s1. The Morgan fingerprint density at radius 2 is 1.74 bits per heavy atom. The van der Waals surface area contributed by atoms with Gasteiger partial charge in [0.1, 0.15) is 6.61 Å². The lowest BCUT2D eigenvalue weighted by atomic mass is 9.99. The van der Waals surface area contributed by atoms with Crippen LogP contribution in [-0.4, -0.2) is 63.9 Å². The van der Waals surface area contributed by atoms with Crippen LogP contribution in [0.2, 0.25) is 0 Å². The Labute approximate surface area is 260 Å². The summed E-state index contributed by atoms with van der Waals surface area (Å²) < 4.78 is 5.35. The van der Waals surface area contributed by atoms with Crippen molar-refractivity contribution in [3.8, 4) is 0 Å². The molecule has 0 aliphatic rings. The lowest BCUT2D eigenvalue weighted by molar-refractivity contribution is -0.130. The maximum absolute atomic E-state index is 13.0. The smallest absolute Gasteiger partial charge is 0.407 e. The van der Waals surface area contributed by atoms with Gasteiger partial charge < -0.3 is 25.6 Å². The molecular weight excluding hydrogens is 589 g/mol. The minimum atomic E-state index is -1.33. The van der Waals surface area contributed by atoms with Crippen molar-refractivity contribution in [1.82, 2.24) is 30.8 Å². The van der Waals surface area contributed by atoms with Crippen molar-refractivity contribution in [2.75, 3.05) is 7.05 Å². The predicted molar refractivity (Wildman–Crippen MR) is 167 cm³/mol. The molecular formula is C30H40N6O5S2. The number of aromatic nitrogens is 2. The van der Waals surface area contributed by atoms with E-state index >= 15 is 0 Å². The molecule has 0 aliphatic heterocycles. The second-order valence-corrected chi connectivity index (χ2v) is 12.6. The first-order chi connectivity index (χ1) is 20.5. The Kier molecular flexibility index (Phi) is 13.1. The van der Waals surface area contributed by atoms with Crippen LogP contribution in [0.25, 0.3) is 0 Å². The van der Waals surface area contributed by atoms with E-state index < -0.39 is 29.9 Å². The number of thiazole rings is 2. The van der Waals surface area contributed by atoms with Crippen molar-refractivity contribution < 1.29 is 23.9 Å². The topological polar surface area (TPSA) is 143 Å². The zero-order valence-corrected chi connectivity index (χ0v) is 26.8. The molecule has 4 amide bonds. The second-order valence-electron chi connectivity index (χ2n) is 10.7. The maximum Gasteiger partial charge on any atom is 0.407 e. The van der Waals surface area contributed by atoms with Crippen molar-refractivity contribution in [3.63, 3.8) is 0 Å². The molecule has 0 bridgehead atoms. The molecule has 2 aromatic heterocycles. The molecule has 13 heteroatoms. The normalized spacial score (nSPS) is 13.1. The van der Waals surface area contributed by atoms with E-state index in [2.05, 4.69) is 39.8 Å².